The van der Waals surface area contributed by atoms with Crippen LogP contribution in [0.3, 0.4) is 0 Å². The normalized spacial score (nSPS) is 12.4. The van der Waals surface area contributed by atoms with Gasteiger partial charge in [0.05, 0.1) is 6.10 Å². The third kappa shape index (κ3) is 3.40. The summed E-state index contributed by atoms with van der Waals surface area (Å²) in [6, 6.07) is 14.6. The number of rotatable bonds is 4. The molecule has 2 aromatic carbocycles. The Labute approximate surface area is 119 Å². The molecule has 0 saturated heterocycles. The molecule has 0 radical (unpaired) electrons. The molecule has 1 N–H and O–H groups in total. The van der Waals surface area contributed by atoms with Crippen molar-refractivity contribution in [2.24, 2.45) is 0 Å². The van der Waals surface area contributed by atoms with Crippen LogP contribution in [0.5, 0.6) is 0 Å². The highest BCUT2D eigenvalue weighted by Gasteiger charge is 2.11. The first-order valence-corrected chi connectivity index (χ1v) is 7.45. The van der Waals surface area contributed by atoms with E-state index in [4.69, 9.17) is 0 Å². The number of hydrogen-bond acceptors (Lipinski definition) is 2. The molecule has 0 aliphatic rings. The highest BCUT2D eigenvalue weighted by atomic mass is 32.2. The van der Waals surface area contributed by atoms with E-state index in [2.05, 4.69) is 38.1 Å². The fraction of sp³-hybridized carbons (Fsp3) is 0.294. The number of benzene rings is 2. The molecule has 2 heteroatoms. The van der Waals surface area contributed by atoms with Crippen molar-refractivity contribution in [2.45, 2.75) is 43.1 Å². The zero-order chi connectivity index (χ0) is 13.8. The van der Waals surface area contributed by atoms with Gasteiger partial charge in [0.15, 0.2) is 0 Å². The summed E-state index contributed by atoms with van der Waals surface area (Å²) >= 11 is 1.72. The Hall–Kier alpha value is -1.25. The second kappa shape index (κ2) is 6.27. The van der Waals surface area contributed by atoms with Crippen LogP contribution in [0.2, 0.25) is 0 Å². The third-order valence-corrected chi connectivity index (χ3v) is 4.45. The van der Waals surface area contributed by atoms with Crippen molar-refractivity contribution in [3.8, 4) is 0 Å². The monoisotopic (exact) mass is 272 g/mol. The molecule has 0 fully saturated rings. The van der Waals surface area contributed by atoms with E-state index in [0.29, 0.717) is 0 Å². The first kappa shape index (κ1) is 14.2. The molecule has 0 aliphatic heterocycles. The van der Waals surface area contributed by atoms with Gasteiger partial charge in [0.1, 0.15) is 0 Å². The van der Waals surface area contributed by atoms with Gasteiger partial charge < -0.3 is 5.11 Å². The molecule has 0 amide bonds. The highest BCUT2D eigenvalue weighted by molar-refractivity contribution is 7.99. The van der Waals surface area contributed by atoms with E-state index in [1.165, 1.54) is 16.0 Å². The minimum atomic E-state index is -0.379. The lowest BCUT2D eigenvalue weighted by molar-refractivity contribution is 0.171. The van der Waals surface area contributed by atoms with E-state index < -0.39 is 0 Å². The van der Waals surface area contributed by atoms with Gasteiger partial charge in [0.25, 0.3) is 0 Å². The van der Waals surface area contributed by atoms with Crippen molar-refractivity contribution in [3.63, 3.8) is 0 Å². The molecule has 0 saturated carbocycles. The average molecular weight is 272 g/mol. The van der Waals surface area contributed by atoms with Crippen molar-refractivity contribution in [1.29, 1.82) is 0 Å². The van der Waals surface area contributed by atoms with E-state index in [1.54, 1.807) is 11.8 Å². The topological polar surface area (TPSA) is 20.2 Å². The molecule has 0 aliphatic carbocycles. The van der Waals surface area contributed by atoms with Crippen LogP contribution < -0.4 is 0 Å². The van der Waals surface area contributed by atoms with Crippen LogP contribution in [0.1, 0.15) is 36.1 Å². The molecule has 0 aromatic heterocycles. The lowest BCUT2D eigenvalue weighted by Gasteiger charge is -2.14. The van der Waals surface area contributed by atoms with Gasteiger partial charge in [-0.3, -0.25) is 0 Å². The molecule has 1 nitrogen and oxygen atoms in total. The number of aliphatic hydroxyl groups is 1. The first-order chi connectivity index (χ1) is 9.11. The molecule has 1 atom stereocenters. The molecule has 2 rings (SSSR count). The van der Waals surface area contributed by atoms with Crippen LogP contribution in [0.4, 0.5) is 0 Å². The average Bonchev–Trinajstić information content (AvgIpc) is 2.43. The summed E-state index contributed by atoms with van der Waals surface area (Å²) in [5.41, 5.74) is 3.64. The van der Waals surface area contributed by atoms with Crippen molar-refractivity contribution in [1.82, 2.24) is 0 Å². The molecule has 0 spiro atoms. The van der Waals surface area contributed by atoms with Gasteiger partial charge >= 0.3 is 0 Å². The van der Waals surface area contributed by atoms with Crippen molar-refractivity contribution in [3.05, 3.63) is 59.2 Å². The van der Waals surface area contributed by atoms with Crippen LogP contribution in [0.25, 0.3) is 0 Å². The molecule has 0 bridgehead atoms. The van der Waals surface area contributed by atoms with Crippen molar-refractivity contribution >= 4 is 11.8 Å². The van der Waals surface area contributed by atoms with Crippen molar-refractivity contribution in [2.75, 3.05) is 0 Å². The Morgan fingerprint density at radius 2 is 1.79 bits per heavy atom. The van der Waals surface area contributed by atoms with Gasteiger partial charge in [-0.2, -0.15) is 0 Å². The van der Waals surface area contributed by atoms with E-state index >= 15 is 0 Å². The summed E-state index contributed by atoms with van der Waals surface area (Å²) in [6.45, 7) is 6.26. The van der Waals surface area contributed by atoms with Gasteiger partial charge in [-0.05, 0) is 55.2 Å². The standard InChI is InChI=1S/C17H20OS/c1-4-16(18)15-7-5-6-8-17(15)19-14-10-9-12(2)13(3)11-14/h5-11,16,18H,4H2,1-3H3/t16-/m1/s1. The fourth-order valence-corrected chi connectivity index (χ4v) is 3.07. The van der Waals surface area contributed by atoms with E-state index in [9.17, 15) is 5.11 Å². The minimum absolute atomic E-state index is 0.379. The maximum Gasteiger partial charge on any atom is 0.0798 e. The minimum Gasteiger partial charge on any atom is -0.388 e. The van der Waals surface area contributed by atoms with E-state index in [1.807, 2.05) is 25.1 Å². The molecule has 19 heavy (non-hydrogen) atoms. The van der Waals surface area contributed by atoms with Crippen LogP contribution in [0, 0.1) is 13.8 Å². The first-order valence-electron chi connectivity index (χ1n) is 6.64. The SMILES string of the molecule is CC[C@@H](O)c1ccccc1Sc1ccc(C)c(C)c1. The molecule has 0 heterocycles. The molecular weight excluding hydrogens is 252 g/mol. The van der Waals surface area contributed by atoms with Crippen LogP contribution in [-0.2, 0) is 0 Å². The summed E-state index contributed by atoms with van der Waals surface area (Å²) in [7, 11) is 0. The van der Waals surface area contributed by atoms with Crippen LogP contribution in [-0.4, -0.2) is 5.11 Å². The summed E-state index contributed by atoms with van der Waals surface area (Å²) in [5.74, 6) is 0. The summed E-state index contributed by atoms with van der Waals surface area (Å²) < 4.78 is 0. The predicted molar refractivity (Wildman–Crippen MR) is 81.7 cm³/mol. The lowest BCUT2D eigenvalue weighted by Crippen LogP contribution is -1.97. The molecular formula is C17H20OS. The number of aliphatic hydroxyl groups excluding tert-OH is 1. The smallest absolute Gasteiger partial charge is 0.0798 e. The Bertz CT molecular complexity index is 563. The van der Waals surface area contributed by atoms with E-state index in [0.717, 1.165) is 16.9 Å². The van der Waals surface area contributed by atoms with E-state index in [-0.39, 0.29) is 6.10 Å². The summed E-state index contributed by atoms with van der Waals surface area (Å²) in [4.78, 5) is 2.36. The fourth-order valence-electron chi connectivity index (χ4n) is 1.97. The zero-order valence-electron chi connectivity index (χ0n) is 11.7. The largest absolute Gasteiger partial charge is 0.388 e. The predicted octanol–water partition coefficient (Wildman–Crippen LogP) is 4.90. The van der Waals surface area contributed by atoms with Crippen LogP contribution >= 0.6 is 11.8 Å². The van der Waals surface area contributed by atoms with Gasteiger partial charge in [0, 0.05) is 9.79 Å². The molecule has 0 unspecified atom stereocenters. The zero-order valence-corrected chi connectivity index (χ0v) is 12.5. The molecule has 100 valence electrons. The summed E-state index contributed by atoms with van der Waals surface area (Å²) in [5, 5.41) is 10.1. The second-order valence-corrected chi connectivity index (χ2v) is 5.93. The third-order valence-electron chi connectivity index (χ3n) is 3.37. The second-order valence-electron chi connectivity index (χ2n) is 4.81. The maximum atomic E-state index is 10.1. The Morgan fingerprint density at radius 3 is 2.47 bits per heavy atom. The number of hydrogen-bond donors (Lipinski definition) is 1. The Kier molecular flexibility index (Phi) is 4.67. The summed E-state index contributed by atoms with van der Waals surface area (Å²) in [6.07, 6.45) is 0.361. The quantitative estimate of drug-likeness (QED) is 0.854. The van der Waals surface area contributed by atoms with Gasteiger partial charge in [-0.15, -0.1) is 0 Å². The maximum absolute atomic E-state index is 10.1. The van der Waals surface area contributed by atoms with Gasteiger partial charge in [-0.1, -0.05) is 43.0 Å². The highest BCUT2D eigenvalue weighted by Crippen LogP contribution is 2.34. The Balaban J connectivity index is 2.30. The number of aryl methyl sites for hydroxylation is 2. The van der Waals surface area contributed by atoms with Gasteiger partial charge in [0.2, 0.25) is 0 Å². The molecule has 2 aromatic rings. The lowest BCUT2D eigenvalue weighted by atomic mass is 10.1. The van der Waals surface area contributed by atoms with Crippen LogP contribution in [0.15, 0.2) is 52.3 Å². The van der Waals surface area contributed by atoms with Gasteiger partial charge in [-0.25, -0.2) is 0 Å². The van der Waals surface area contributed by atoms with Crippen molar-refractivity contribution < 1.29 is 5.11 Å². The Morgan fingerprint density at radius 1 is 1.05 bits per heavy atom.